The molecule has 1 radical (unpaired) electrons. The first-order valence-corrected chi connectivity index (χ1v) is 15.6. The number of hydrogen-bond donors (Lipinski definition) is 1. The molecule has 6 aromatic carbocycles. The molecule has 0 amide bonds. The Bertz CT molecular complexity index is 2410. The molecule has 0 bridgehead atoms. The van der Waals surface area contributed by atoms with Gasteiger partial charge < -0.3 is 10.1 Å². The summed E-state index contributed by atoms with van der Waals surface area (Å²) in [6, 6.07) is 40.2. The maximum atomic E-state index is 14.0. The van der Waals surface area contributed by atoms with Gasteiger partial charge in [0.05, 0.1) is 22.3 Å². The first kappa shape index (κ1) is 32.8. The molecule has 0 fully saturated rings. The molecule has 239 valence electrons. The molecule has 8 aromatic rings. The number of rotatable bonds is 3. The number of aromatic nitrogens is 3. The summed E-state index contributed by atoms with van der Waals surface area (Å²) in [7, 11) is 0. The first-order valence-electron chi connectivity index (χ1n) is 15.6. The Hall–Kier alpha value is -5.16. The number of benzene rings is 6. The van der Waals surface area contributed by atoms with Crippen LogP contribution < -0.4 is 0 Å². The van der Waals surface area contributed by atoms with Crippen molar-refractivity contribution in [2.75, 3.05) is 0 Å². The van der Waals surface area contributed by atoms with Gasteiger partial charge in [-0.2, -0.15) is 0 Å². The fourth-order valence-electron chi connectivity index (χ4n) is 6.48. The Balaban J connectivity index is 0.000000164. The maximum Gasteiger partial charge on any atom is 0.149 e. The Labute approximate surface area is 292 Å². The average Bonchev–Trinajstić information content (AvgIpc) is 3.43. The standard InChI is InChI=1S/C21H15FN.C21H18N2O.Ir/c1-13-10-14(2)12-15(11-13)21-19-7-6-18-16(4-3-5-20(18)22)17(19)8-9-23-21;1-14-8-7-9-15(2)20(14)23-18-12-5-4-11-17(18)22-21(23)16-10-3-6-13-19(16)24;/h3-11H,1-2H3;3-13,24H,1-2H3;/q-1;;. The van der Waals surface area contributed by atoms with Crippen LogP contribution in [0.15, 0.2) is 121 Å². The Morgan fingerprint density at radius 2 is 1.38 bits per heavy atom. The van der Waals surface area contributed by atoms with Gasteiger partial charge in [0.1, 0.15) is 17.4 Å². The van der Waals surface area contributed by atoms with Gasteiger partial charge in [-0.15, -0.1) is 34.9 Å². The number of para-hydroxylation sites is 4. The number of halogens is 1. The summed E-state index contributed by atoms with van der Waals surface area (Å²) < 4.78 is 16.2. The molecular formula is C42H33FIrN3O-. The fraction of sp³-hybridized carbons (Fsp3) is 0.0952. The van der Waals surface area contributed by atoms with E-state index in [1.54, 1.807) is 18.3 Å². The van der Waals surface area contributed by atoms with Gasteiger partial charge >= 0.3 is 0 Å². The van der Waals surface area contributed by atoms with Crippen molar-refractivity contribution in [3.05, 3.63) is 156 Å². The molecule has 2 aromatic heterocycles. The van der Waals surface area contributed by atoms with Gasteiger partial charge in [0, 0.05) is 31.7 Å². The molecule has 1 N–H and O–H groups in total. The second-order valence-electron chi connectivity index (χ2n) is 11.9. The monoisotopic (exact) mass is 807 g/mol. The summed E-state index contributed by atoms with van der Waals surface area (Å²) in [4.78, 5) is 9.37. The second kappa shape index (κ2) is 13.5. The van der Waals surface area contributed by atoms with Gasteiger partial charge in [0.2, 0.25) is 0 Å². The van der Waals surface area contributed by atoms with Crippen LogP contribution in [0.1, 0.15) is 22.3 Å². The molecule has 0 saturated heterocycles. The normalized spacial score (nSPS) is 10.9. The number of imidazole rings is 1. The molecule has 8 rings (SSSR count). The van der Waals surface area contributed by atoms with Crippen LogP contribution in [-0.2, 0) is 20.1 Å². The van der Waals surface area contributed by atoms with Gasteiger partial charge in [-0.3, -0.25) is 4.57 Å². The Morgan fingerprint density at radius 3 is 2.15 bits per heavy atom. The van der Waals surface area contributed by atoms with Gasteiger partial charge in [0.25, 0.3) is 0 Å². The van der Waals surface area contributed by atoms with Crippen molar-refractivity contribution in [3.63, 3.8) is 0 Å². The smallest absolute Gasteiger partial charge is 0.149 e. The fourth-order valence-corrected chi connectivity index (χ4v) is 6.48. The average molecular weight is 807 g/mol. The molecular weight excluding hydrogens is 774 g/mol. The molecule has 0 aliphatic rings. The largest absolute Gasteiger partial charge is 0.507 e. The minimum atomic E-state index is -0.194. The molecule has 6 heteroatoms. The van der Waals surface area contributed by atoms with Crippen LogP contribution in [0.2, 0.25) is 0 Å². The molecule has 2 heterocycles. The summed E-state index contributed by atoms with van der Waals surface area (Å²) in [6.45, 7) is 8.31. The molecule has 4 nitrogen and oxygen atoms in total. The molecule has 0 unspecified atom stereocenters. The number of phenols is 1. The minimum Gasteiger partial charge on any atom is -0.507 e. The number of aryl methyl sites for hydroxylation is 4. The topological polar surface area (TPSA) is 50.9 Å². The van der Waals surface area contributed by atoms with Crippen molar-refractivity contribution in [3.8, 4) is 34.1 Å². The second-order valence-corrected chi connectivity index (χ2v) is 11.9. The van der Waals surface area contributed by atoms with E-state index in [9.17, 15) is 9.50 Å². The van der Waals surface area contributed by atoms with Crippen LogP contribution in [-0.4, -0.2) is 19.6 Å². The van der Waals surface area contributed by atoms with Crippen LogP contribution in [0, 0.1) is 39.6 Å². The van der Waals surface area contributed by atoms with Gasteiger partial charge in [-0.05, 0) is 83.2 Å². The summed E-state index contributed by atoms with van der Waals surface area (Å²) in [5, 5.41) is 13.9. The van der Waals surface area contributed by atoms with Gasteiger partial charge in [0.15, 0.2) is 0 Å². The first-order chi connectivity index (χ1) is 22.8. The predicted molar refractivity (Wildman–Crippen MR) is 191 cm³/mol. The molecule has 0 atom stereocenters. The van der Waals surface area contributed by atoms with E-state index in [2.05, 4.69) is 72.8 Å². The SMILES string of the molecule is Cc1[c-]c(-c2nccc3c2ccc2c(F)cccc23)cc(C)c1.Cc1cccc(C)c1-n1c(-c2ccccc2O)nc2ccccc21.[Ir]. The van der Waals surface area contributed by atoms with Crippen molar-refractivity contribution < 1.29 is 29.6 Å². The zero-order chi connectivity index (χ0) is 32.7. The minimum absolute atomic E-state index is 0. The van der Waals surface area contributed by atoms with Crippen LogP contribution >= 0.6 is 0 Å². The molecule has 0 aliphatic carbocycles. The Kier molecular flexibility index (Phi) is 9.23. The van der Waals surface area contributed by atoms with E-state index in [4.69, 9.17) is 4.98 Å². The van der Waals surface area contributed by atoms with E-state index in [-0.39, 0.29) is 31.7 Å². The zero-order valence-electron chi connectivity index (χ0n) is 27.0. The van der Waals surface area contributed by atoms with Gasteiger partial charge in [-0.25, -0.2) is 9.37 Å². The Morgan fingerprint density at radius 1 is 0.688 bits per heavy atom. The maximum absolute atomic E-state index is 14.0. The summed E-state index contributed by atoms with van der Waals surface area (Å²) in [5.41, 5.74) is 10.3. The summed E-state index contributed by atoms with van der Waals surface area (Å²) in [5.74, 6) is 0.799. The van der Waals surface area contributed by atoms with E-state index in [1.165, 1.54) is 22.8 Å². The predicted octanol–water partition coefficient (Wildman–Crippen LogP) is 10.6. The van der Waals surface area contributed by atoms with Crippen LogP contribution in [0.4, 0.5) is 4.39 Å². The summed E-state index contributed by atoms with van der Waals surface area (Å²) >= 11 is 0. The van der Waals surface area contributed by atoms with E-state index in [1.807, 2.05) is 67.6 Å². The van der Waals surface area contributed by atoms with E-state index >= 15 is 0 Å². The number of fused-ring (bicyclic) bond motifs is 4. The number of aromatic hydroxyl groups is 1. The van der Waals surface area contributed by atoms with Crippen LogP contribution in [0.25, 0.3) is 60.9 Å². The van der Waals surface area contributed by atoms with Crippen molar-refractivity contribution in [2.24, 2.45) is 0 Å². The molecule has 0 saturated carbocycles. The van der Waals surface area contributed by atoms with Crippen molar-refractivity contribution >= 4 is 32.6 Å². The third-order valence-corrected chi connectivity index (χ3v) is 8.52. The quantitative estimate of drug-likeness (QED) is 0.143. The zero-order valence-corrected chi connectivity index (χ0v) is 29.4. The number of hydrogen-bond acceptors (Lipinski definition) is 3. The van der Waals surface area contributed by atoms with Crippen molar-refractivity contribution in [1.82, 2.24) is 14.5 Å². The number of pyridine rings is 1. The van der Waals surface area contributed by atoms with Gasteiger partial charge in [-0.1, -0.05) is 80.6 Å². The van der Waals surface area contributed by atoms with Crippen LogP contribution in [0.3, 0.4) is 0 Å². The third-order valence-electron chi connectivity index (χ3n) is 8.52. The van der Waals surface area contributed by atoms with E-state index in [0.29, 0.717) is 5.39 Å². The van der Waals surface area contributed by atoms with E-state index < -0.39 is 0 Å². The molecule has 48 heavy (non-hydrogen) atoms. The summed E-state index contributed by atoms with van der Waals surface area (Å²) in [6.07, 6.45) is 1.79. The van der Waals surface area contributed by atoms with Crippen LogP contribution in [0.5, 0.6) is 5.75 Å². The third kappa shape index (κ3) is 6.01. The number of nitrogens with zero attached hydrogens (tertiary/aromatic N) is 3. The number of phenolic OH excluding ortho intramolecular Hbond substituents is 1. The molecule has 0 spiro atoms. The van der Waals surface area contributed by atoms with E-state index in [0.717, 1.165) is 61.1 Å². The van der Waals surface area contributed by atoms with Crippen molar-refractivity contribution in [2.45, 2.75) is 27.7 Å². The molecule has 0 aliphatic heterocycles. The van der Waals surface area contributed by atoms with Crippen molar-refractivity contribution in [1.29, 1.82) is 0 Å².